The molecule has 0 spiro atoms. The van der Waals surface area contributed by atoms with Crippen LogP contribution in [0, 0.1) is 0 Å². The van der Waals surface area contributed by atoms with Crippen molar-refractivity contribution in [1.29, 1.82) is 0 Å². The first kappa shape index (κ1) is 11.2. The predicted molar refractivity (Wildman–Crippen MR) is 72.5 cm³/mol. The average Bonchev–Trinajstić information content (AvgIpc) is 2.91. The Bertz CT molecular complexity index is 590. The van der Waals surface area contributed by atoms with Gasteiger partial charge in [0.25, 0.3) is 5.91 Å². The van der Waals surface area contributed by atoms with Gasteiger partial charge in [-0.25, -0.2) is 4.98 Å². The molecule has 1 saturated heterocycles. The van der Waals surface area contributed by atoms with Gasteiger partial charge in [0.05, 0.1) is 6.04 Å². The number of amides is 1. The van der Waals surface area contributed by atoms with Gasteiger partial charge in [-0.1, -0.05) is 36.4 Å². The molecule has 1 amide bonds. The summed E-state index contributed by atoms with van der Waals surface area (Å²) in [5, 5.41) is 2.65. The molecule has 2 heterocycles. The molecule has 3 rings (SSSR count). The van der Waals surface area contributed by atoms with Crippen LogP contribution in [0.25, 0.3) is 0 Å². The van der Waals surface area contributed by atoms with E-state index in [4.69, 9.17) is 0 Å². The largest absolute Gasteiger partial charge is 0.272 e. The molecule has 4 heteroatoms. The lowest BCUT2D eigenvalue weighted by Crippen LogP contribution is -2.49. The second-order valence-electron chi connectivity index (χ2n) is 4.05. The molecule has 0 N–H and O–H groups in total. The summed E-state index contributed by atoms with van der Waals surface area (Å²) in [4.78, 5) is 18.1. The molecule has 90 valence electrons. The lowest BCUT2D eigenvalue weighted by molar-refractivity contribution is -0.119. The molecular formula is C14H12N2OS. The van der Waals surface area contributed by atoms with Gasteiger partial charge in [-0.05, 0) is 12.5 Å². The smallest absolute Gasteiger partial charge is 0.258 e. The van der Waals surface area contributed by atoms with Crippen LogP contribution in [0.2, 0.25) is 0 Å². The van der Waals surface area contributed by atoms with E-state index < -0.39 is 0 Å². The van der Waals surface area contributed by atoms with Gasteiger partial charge in [-0.15, -0.1) is 11.3 Å². The fourth-order valence-electron chi connectivity index (χ4n) is 2.22. The van der Waals surface area contributed by atoms with E-state index in [0.29, 0.717) is 0 Å². The molecule has 1 aliphatic heterocycles. The quantitative estimate of drug-likeness (QED) is 0.610. The fraction of sp³-hybridized carbons (Fsp3) is 0.143. The zero-order valence-corrected chi connectivity index (χ0v) is 10.7. The first-order valence-electron chi connectivity index (χ1n) is 5.77. The number of carbonyl (C=O) groups is 1. The van der Waals surface area contributed by atoms with Gasteiger partial charge in [-0.3, -0.25) is 9.69 Å². The molecule has 0 radical (unpaired) electrons. The monoisotopic (exact) mass is 256 g/mol. The van der Waals surface area contributed by atoms with Crippen LogP contribution in [0.5, 0.6) is 0 Å². The Labute approximate surface area is 109 Å². The molecule has 1 aliphatic rings. The van der Waals surface area contributed by atoms with E-state index in [0.717, 1.165) is 16.3 Å². The van der Waals surface area contributed by atoms with Crippen LogP contribution in [0.15, 0.2) is 53.6 Å². The van der Waals surface area contributed by atoms with Gasteiger partial charge in [0, 0.05) is 17.2 Å². The van der Waals surface area contributed by atoms with Crippen molar-refractivity contribution in [1.82, 2.24) is 4.98 Å². The number of allylic oxidation sites excluding steroid dienone is 1. The van der Waals surface area contributed by atoms with Gasteiger partial charge >= 0.3 is 0 Å². The predicted octanol–water partition coefficient (Wildman–Crippen LogP) is 3.18. The molecule has 0 bridgehead atoms. The molecule has 1 fully saturated rings. The Kier molecular flexibility index (Phi) is 2.72. The molecule has 0 aliphatic carbocycles. The van der Waals surface area contributed by atoms with Crippen LogP contribution < -0.4 is 4.90 Å². The summed E-state index contributed by atoms with van der Waals surface area (Å²) in [7, 11) is 0. The van der Waals surface area contributed by atoms with Crippen LogP contribution in [0.1, 0.15) is 18.5 Å². The SMILES string of the molecule is CC=C1C(=O)N(c2nccs2)C1c1ccccc1. The molecule has 3 nitrogen and oxygen atoms in total. The Balaban J connectivity index is 2.02. The Hall–Kier alpha value is -1.94. The molecule has 18 heavy (non-hydrogen) atoms. The zero-order valence-electron chi connectivity index (χ0n) is 9.91. The van der Waals surface area contributed by atoms with Crippen molar-refractivity contribution in [3.63, 3.8) is 0 Å². The standard InChI is InChI=1S/C14H12N2OS/c1-2-11-12(10-6-4-3-5-7-10)16(13(11)17)14-15-8-9-18-14/h2-9,12H,1H3. The number of benzene rings is 1. The number of aromatic nitrogens is 1. The molecule has 1 atom stereocenters. The summed E-state index contributed by atoms with van der Waals surface area (Å²) in [6.07, 6.45) is 3.62. The summed E-state index contributed by atoms with van der Waals surface area (Å²) in [6.45, 7) is 1.91. The molecule has 0 saturated carbocycles. The number of β-lactam (4-membered cyclic amide) rings is 1. The summed E-state index contributed by atoms with van der Waals surface area (Å²) >= 11 is 1.49. The molecule has 2 aromatic rings. The Morgan fingerprint density at radius 1 is 1.33 bits per heavy atom. The van der Waals surface area contributed by atoms with E-state index in [1.807, 2.05) is 48.7 Å². The first-order chi connectivity index (χ1) is 8.83. The van der Waals surface area contributed by atoms with Gasteiger partial charge in [0.15, 0.2) is 5.13 Å². The summed E-state index contributed by atoms with van der Waals surface area (Å²) in [6, 6.07) is 10.1. The van der Waals surface area contributed by atoms with Crippen molar-refractivity contribution >= 4 is 22.4 Å². The van der Waals surface area contributed by atoms with E-state index >= 15 is 0 Å². The van der Waals surface area contributed by atoms with Crippen molar-refractivity contribution < 1.29 is 4.79 Å². The van der Waals surface area contributed by atoms with Crippen LogP contribution >= 0.6 is 11.3 Å². The van der Waals surface area contributed by atoms with Crippen molar-refractivity contribution in [2.45, 2.75) is 13.0 Å². The van der Waals surface area contributed by atoms with Crippen molar-refractivity contribution in [3.05, 3.63) is 59.1 Å². The van der Waals surface area contributed by atoms with Crippen molar-refractivity contribution in [2.24, 2.45) is 0 Å². The van der Waals surface area contributed by atoms with Gasteiger partial charge in [0.2, 0.25) is 0 Å². The van der Waals surface area contributed by atoms with Crippen LogP contribution in [0.3, 0.4) is 0 Å². The number of carbonyl (C=O) groups excluding carboxylic acids is 1. The minimum absolute atomic E-state index is 0.00912. The highest BCUT2D eigenvalue weighted by Gasteiger charge is 2.44. The van der Waals surface area contributed by atoms with E-state index in [1.165, 1.54) is 11.3 Å². The van der Waals surface area contributed by atoms with Gasteiger partial charge in [-0.2, -0.15) is 0 Å². The second kappa shape index (κ2) is 4.38. The maximum Gasteiger partial charge on any atom is 0.258 e. The number of hydrogen-bond donors (Lipinski definition) is 0. The Morgan fingerprint density at radius 2 is 2.11 bits per heavy atom. The molecule has 1 unspecified atom stereocenters. The normalized spacial score (nSPS) is 21.2. The fourth-order valence-corrected chi connectivity index (χ4v) is 2.89. The van der Waals surface area contributed by atoms with E-state index in [9.17, 15) is 4.79 Å². The summed E-state index contributed by atoms with van der Waals surface area (Å²) in [5.41, 5.74) is 1.97. The third-order valence-electron chi connectivity index (χ3n) is 3.07. The highest BCUT2D eigenvalue weighted by molar-refractivity contribution is 7.13. The maximum atomic E-state index is 12.1. The highest BCUT2D eigenvalue weighted by atomic mass is 32.1. The first-order valence-corrected chi connectivity index (χ1v) is 6.65. The third kappa shape index (κ3) is 1.57. The van der Waals surface area contributed by atoms with E-state index in [2.05, 4.69) is 4.98 Å². The molecule has 1 aromatic carbocycles. The summed E-state index contributed by atoms with van der Waals surface area (Å²) in [5.74, 6) is 0.0568. The summed E-state index contributed by atoms with van der Waals surface area (Å²) < 4.78 is 0. The molecular weight excluding hydrogens is 244 g/mol. The van der Waals surface area contributed by atoms with Crippen LogP contribution in [-0.4, -0.2) is 10.9 Å². The topological polar surface area (TPSA) is 33.2 Å². The average molecular weight is 256 g/mol. The number of anilines is 1. The lowest BCUT2D eigenvalue weighted by atomic mass is 9.88. The minimum atomic E-state index is 0.00912. The number of nitrogens with zero attached hydrogens (tertiary/aromatic N) is 2. The van der Waals surface area contributed by atoms with E-state index in [1.54, 1.807) is 11.1 Å². The maximum absolute atomic E-state index is 12.1. The molecule has 1 aromatic heterocycles. The van der Waals surface area contributed by atoms with Gasteiger partial charge < -0.3 is 0 Å². The number of hydrogen-bond acceptors (Lipinski definition) is 3. The van der Waals surface area contributed by atoms with E-state index in [-0.39, 0.29) is 11.9 Å². The lowest BCUT2D eigenvalue weighted by Gasteiger charge is -2.41. The minimum Gasteiger partial charge on any atom is -0.272 e. The third-order valence-corrected chi connectivity index (χ3v) is 3.84. The second-order valence-corrected chi connectivity index (χ2v) is 4.92. The highest BCUT2D eigenvalue weighted by Crippen LogP contribution is 2.43. The number of rotatable bonds is 2. The Morgan fingerprint density at radius 3 is 2.72 bits per heavy atom. The van der Waals surface area contributed by atoms with Gasteiger partial charge in [0.1, 0.15) is 0 Å². The van der Waals surface area contributed by atoms with Crippen LogP contribution in [0.4, 0.5) is 5.13 Å². The zero-order chi connectivity index (χ0) is 12.5. The van der Waals surface area contributed by atoms with Crippen molar-refractivity contribution in [3.8, 4) is 0 Å². The van der Waals surface area contributed by atoms with Crippen LogP contribution in [-0.2, 0) is 4.79 Å². The van der Waals surface area contributed by atoms with Crippen molar-refractivity contribution in [2.75, 3.05) is 4.90 Å². The number of thiazole rings is 1.